The van der Waals surface area contributed by atoms with Gasteiger partial charge in [0, 0.05) is 11.9 Å². The van der Waals surface area contributed by atoms with Crippen LogP contribution in [-0.2, 0) is 11.3 Å². The molecule has 6 nitrogen and oxygen atoms in total. The van der Waals surface area contributed by atoms with Gasteiger partial charge < -0.3 is 10.1 Å². The monoisotopic (exact) mass is 457 g/mol. The summed E-state index contributed by atoms with van der Waals surface area (Å²) in [5.74, 6) is -0.123. The summed E-state index contributed by atoms with van der Waals surface area (Å²) >= 11 is 7.39. The lowest BCUT2D eigenvalue weighted by atomic mass is 9.99. The third kappa shape index (κ3) is 4.74. The molecule has 0 radical (unpaired) electrons. The average Bonchev–Trinajstić information content (AvgIpc) is 3.12. The first-order chi connectivity index (χ1) is 15.0. The second-order valence-corrected chi connectivity index (χ2v) is 9.25. The van der Waals surface area contributed by atoms with Gasteiger partial charge in [0.15, 0.2) is 0 Å². The minimum atomic E-state index is -0.510. The smallest absolute Gasteiger partial charge is 0.350 e. The normalized spacial score (nSPS) is 15.2. The molecule has 3 heterocycles. The van der Waals surface area contributed by atoms with Gasteiger partial charge >= 0.3 is 5.97 Å². The molecule has 0 spiro atoms. The van der Waals surface area contributed by atoms with Gasteiger partial charge in [-0.05, 0) is 56.1 Å². The molecular formula is C23H24ClN3O3S. The summed E-state index contributed by atoms with van der Waals surface area (Å²) in [5.41, 5.74) is 1.69. The molecular weight excluding hydrogens is 434 g/mol. The first-order valence-corrected chi connectivity index (χ1v) is 11.4. The number of esters is 1. The van der Waals surface area contributed by atoms with E-state index in [1.165, 1.54) is 31.3 Å². The van der Waals surface area contributed by atoms with Crippen LogP contribution in [0.3, 0.4) is 0 Å². The molecule has 0 saturated carbocycles. The third-order valence-electron chi connectivity index (χ3n) is 5.60. The van der Waals surface area contributed by atoms with Gasteiger partial charge in [0.25, 0.3) is 5.91 Å². The van der Waals surface area contributed by atoms with Crippen molar-refractivity contribution in [3.8, 4) is 0 Å². The summed E-state index contributed by atoms with van der Waals surface area (Å²) < 4.78 is 4.94. The van der Waals surface area contributed by atoms with E-state index >= 15 is 0 Å². The fourth-order valence-corrected chi connectivity index (χ4v) is 5.03. The fraction of sp³-hybridized carbons (Fsp3) is 0.348. The van der Waals surface area contributed by atoms with E-state index in [1.54, 1.807) is 24.3 Å². The maximum Gasteiger partial charge on any atom is 0.350 e. The van der Waals surface area contributed by atoms with Crippen molar-refractivity contribution in [3.63, 3.8) is 0 Å². The molecule has 1 N–H and O–H groups in total. The number of methoxy groups -OCH3 is 1. The number of amides is 1. The number of piperidine rings is 1. The Morgan fingerprint density at radius 3 is 2.68 bits per heavy atom. The number of hydrogen-bond acceptors (Lipinski definition) is 6. The first-order valence-electron chi connectivity index (χ1n) is 10.2. The van der Waals surface area contributed by atoms with Crippen molar-refractivity contribution >= 4 is 50.7 Å². The van der Waals surface area contributed by atoms with Crippen LogP contribution in [-0.4, -0.2) is 42.0 Å². The quantitative estimate of drug-likeness (QED) is 0.532. The zero-order valence-electron chi connectivity index (χ0n) is 17.5. The van der Waals surface area contributed by atoms with Gasteiger partial charge in [0.2, 0.25) is 0 Å². The number of nitrogens with one attached hydrogen (secondary N) is 1. The van der Waals surface area contributed by atoms with Crippen LogP contribution in [0.4, 0.5) is 5.69 Å². The van der Waals surface area contributed by atoms with E-state index in [4.69, 9.17) is 21.3 Å². The topological polar surface area (TPSA) is 71.5 Å². The van der Waals surface area contributed by atoms with Crippen LogP contribution >= 0.6 is 22.9 Å². The van der Waals surface area contributed by atoms with E-state index < -0.39 is 5.97 Å². The maximum absolute atomic E-state index is 12.8. The second-order valence-electron chi connectivity index (χ2n) is 7.85. The van der Waals surface area contributed by atoms with Crippen molar-refractivity contribution in [2.75, 3.05) is 25.5 Å². The van der Waals surface area contributed by atoms with Crippen LogP contribution < -0.4 is 5.32 Å². The summed E-state index contributed by atoms with van der Waals surface area (Å²) in [5, 5.41) is 3.90. The largest absolute Gasteiger partial charge is 0.465 e. The Hall–Kier alpha value is -2.48. The Labute approximate surface area is 190 Å². The number of aromatic nitrogens is 1. The van der Waals surface area contributed by atoms with Gasteiger partial charge in [-0.1, -0.05) is 30.7 Å². The SMILES string of the molecule is COC(=O)c1sc2nc(CN3CCC(C)CC3)ccc2c1NC(=O)c1ccccc1Cl. The van der Waals surface area contributed by atoms with Crippen molar-refractivity contribution < 1.29 is 14.3 Å². The molecule has 1 amide bonds. The number of likely N-dealkylation sites (tertiary alicyclic amines) is 1. The standard InChI is InChI=1S/C23H24ClN3O3S/c1-14-9-11-27(12-10-14)13-15-7-8-17-19(20(23(29)30-2)31-22(17)25-15)26-21(28)16-5-3-4-6-18(16)24/h3-8,14H,9-13H2,1-2H3,(H,26,28). The molecule has 4 rings (SSSR count). The molecule has 2 aromatic heterocycles. The van der Waals surface area contributed by atoms with Crippen LogP contribution in [0.1, 0.15) is 45.5 Å². The lowest BCUT2D eigenvalue weighted by molar-refractivity contribution is 0.0607. The molecule has 1 saturated heterocycles. The van der Waals surface area contributed by atoms with Gasteiger partial charge in [0.1, 0.15) is 9.71 Å². The Kier molecular flexibility index (Phi) is 6.55. The van der Waals surface area contributed by atoms with Crippen LogP contribution in [0.25, 0.3) is 10.2 Å². The molecule has 0 aliphatic carbocycles. The van der Waals surface area contributed by atoms with E-state index in [0.717, 1.165) is 31.2 Å². The predicted octanol–water partition coefficient (Wildman–Crippen LogP) is 5.22. The molecule has 162 valence electrons. The van der Waals surface area contributed by atoms with Gasteiger partial charge in [0.05, 0.1) is 29.1 Å². The highest BCUT2D eigenvalue weighted by Crippen LogP contribution is 2.36. The molecule has 31 heavy (non-hydrogen) atoms. The number of carbonyl (C=O) groups is 2. The summed E-state index contributed by atoms with van der Waals surface area (Å²) in [6.45, 7) is 5.20. The van der Waals surface area contributed by atoms with Gasteiger partial charge in [-0.2, -0.15) is 0 Å². The molecule has 1 fully saturated rings. The van der Waals surface area contributed by atoms with Crippen molar-refractivity contribution in [2.24, 2.45) is 5.92 Å². The predicted molar refractivity (Wildman–Crippen MR) is 124 cm³/mol. The summed E-state index contributed by atoms with van der Waals surface area (Å²) in [4.78, 5) is 33.4. The zero-order chi connectivity index (χ0) is 22.0. The number of rotatable bonds is 5. The number of hydrogen-bond donors (Lipinski definition) is 1. The van der Waals surface area contributed by atoms with Gasteiger partial charge in [-0.15, -0.1) is 11.3 Å². The summed E-state index contributed by atoms with van der Waals surface area (Å²) in [7, 11) is 1.32. The number of ether oxygens (including phenoxy) is 1. The van der Waals surface area contributed by atoms with Crippen LogP contribution in [0, 0.1) is 5.92 Å². The number of anilines is 1. The number of carbonyl (C=O) groups excluding carboxylic acids is 2. The number of halogens is 1. The molecule has 1 aromatic carbocycles. The highest BCUT2D eigenvalue weighted by Gasteiger charge is 2.23. The molecule has 1 aliphatic heterocycles. The van der Waals surface area contributed by atoms with Crippen LogP contribution in [0.15, 0.2) is 36.4 Å². The van der Waals surface area contributed by atoms with E-state index in [0.29, 0.717) is 31.4 Å². The minimum Gasteiger partial charge on any atom is -0.465 e. The summed E-state index contributed by atoms with van der Waals surface area (Å²) in [6.07, 6.45) is 2.40. The number of thiophene rings is 1. The third-order valence-corrected chi connectivity index (χ3v) is 7.01. The minimum absolute atomic E-state index is 0.314. The highest BCUT2D eigenvalue weighted by molar-refractivity contribution is 7.21. The van der Waals surface area contributed by atoms with Gasteiger partial charge in [-0.25, -0.2) is 9.78 Å². The maximum atomic E-state index is 12.8. The zero-order valence-corrected chi connectivity index (χ0v) is 19.1. The Balaban J connectivity index is 1.64. The molecule has 1 aliphatic rings. The molecule has 0 atom stereocenters. The number of nitrogens with zero attached hydrogens (tertiary/aromatic N) is 2. The van der Waals surface area contributed by atoms with E-state index in [9.17, 15) is 9.59 Å². The molecule has 0 bridgehead atoms. The van der Waals surface area contributed by atoms with E-state index in [1.807, 2.05) is 12.1 Å². The number of pyridine rings is 1. The molecule has 0 unspecified atom stereocenters. The fourth-order valence-electron chi connectivity index (χ4n) is 3.74. The highest BCUT2D eigenvalue weighted by atomic mass is 35.5. The van der Waals surface area contributed by atoms with E-state index in [2.05, 4.69) is 17.1 Å². The number of benzene rings is 1. The first kappa shape index (κ1) is 21.7. The van der Waals surface area contributed by atoms with Crippen LogP contribution in [0.2, 0.25) is 5.02 Å². The summed E-state index contributed by atoms with van der Waals surface area (Å²) in [6, 6.07) is 10.7. The molecule has 3 aromatic rings. The van der Waals surface area contributed by atoms with Crippen LogP contribution in [0.5, 0.6) is 0 Å². The lowest BCUT2D eigenvalue weighted by Crippen LogP contribution is -2.32. The lowest BCUT2D eigenvalue weighted by Gasteiger charge is -2.29. The Bertz CT molecular complexity index is 1120. The Morgan fingerprint density at radius 2 is 1.97 bits per heavy atom. The second kappa shape index (κ2) is 9.34. The van der Waals surface area contributed by atoms with Crippen molar-refractivity contribution in [1.29, 1.82) is 0 Å². The number of fused-ring (bicyclic) bond motifs is 1. The Morgan fingerprint density at radius 1 is 1.23 bits per heavy atom. The van der Waals surface area contributed by atoms with E-state index in [-0.39, 0.29) is 5.91 Å². The van der Waals surface area contributed by atoms with Crippen molar-refractivity contribution in [3.05, 3.63) is 57.6 Å². The average molecular weight is 458 g/mol. The van der Waals surface area contributed by atoms with Gasteiger partial charge in [-0.3, -0.25) is 9.69 Å². The van der Waals surface area contributed by atoms with Crippen molar-refractivity contribution in [1.82, 2.24) is 9.88 Å². The molecule has 8 heteroatoms. The van der Waals surface area contributed by atoms with Crippen molar-refractivity contribution in [2.45, 2.75) is 26.3 Å².